The number of rotatable bonds is 11. The number of aryl methyl sites for hydroxylation is 2. The zero-order valence-corrected chi connectivity index (χ0v) is 21.0. The molecular formula is C29H40N2O3. The molecule has 1 atom stereocenters. The standard InChI is InChI=1S/C29H40N2O3/c1-4-27(29(33)30-25-12-6-5-7-13-25)31(21-24-11-8-10-23(3)20-24)28(32)14-9-19-34-26-17-15-22(2)16-18-26/h8,10-11,15-18,20,25,27H,4-7,9,12-14,19,21H2,1-3H3,(H,30,33). The second kappa shape index (κ2) is 13.2. The third kappa shape index (κ3) is 7.89. The molecule has 0 radical (unpaired) electrons. The van der Waals surface area contributed by atoms with Gasteiger partial charge in [-0.3, -0.25) is 9.59 Å². The van der Waals surface area contributed by atoms with Gasteiger partial charge in [0.25, 0.3) is 0 Å². The molecule has 2 aromatic rings. The van der Waals surface area contributed by atoms with Gasteiger partial charge in [-0.1, -0.05) is 73.7 Å². The second-order valence-electron chi connectivity index (χ2n) is 9.54. The van der Waals surface area contributed by atoms with Gasteiger partial charge in [0.2, 0.25) is 11.8 Å². The van der Waals surface area contributed by atoms with Crippen molar-refractivity contribution < 1.29 is 14.3 Å². The van der Waals surface area contributed by atoms with E-state index in [9.17, 15) is 9.59 Å². The molecule has 0 saturated heterocycles. The number of ether oxygens (including phenoxy) is 1. The van der Waals surface area contributed by atoms with Crippen LogP contribution in [0.4, 0.5) is 0 Å². The molecule has 2 amide bonds. The lowest BCUT2D eigenvalue weighted by molar-refractivity contribution is -0.142. The van der Waals surface area contributed by atoms with Crippen LogP contribution in [0.25, 0.3) is 0 Å². The van der Waals surface area contributed by atoms with E-state index in [2.05, 4.69) is 11.4 Å². The average Bonchev–Trinajstić information content (AvgIpc) is 2.83. The molecule has 0 spiro atoms. The fourth-order valence-corrected chi connectivity index (χ4v) is 4.66. The largest absolute Gasteiger partial charge is 0.494 e. The molecule has 1 N–H and O–H groups in total. The highest BCUT2D eigenvalue weighted by Gasteiger charge is 2.30. The Morgan fingerprint density at radius 3 is 2.44 bits per heavy atom. The van der Waals surface area contributed by atoms with Gasteiger partial charge in [0.05, 0.1) is 6.61 Å². The van der Waals surface area contributed by atoms with Crippen LogP contribution < -0.4 is 10.1 Å². The van der Waals surface area contributed by atoms with Crippen molar-refractivity contribution in [3.63, 3.8) is 0 Å². The summed E-state index contributed by atoms with van der Waals surface area (Å²) in [5.41, 5.74) is 3.38. The molecule has 2 aromatic carbocycles. The van der Waals surface area contributed by atoms with Gasteiger partial charge in [-0.05, 0) is 57.2 Å². The number of hydrogen-bond acceptors (Lipinski definition) is 3. The van der Waals surface area contributed by atoms with Gasteiger partial charge >= 0.3 is 0 Å². The highest BCUT2D eigenvalue weighted by Crippen LogP contribution is 2.20. The monoisotopic (exact) mass is 464 g/mol. The quantitative estimate of drug-likeness (QED) is 0.433. The molecule has 184 valence electrons. The lowest BCUT2D eigenvalue weighted by Gasteiger charge is -2.33. The molecule has 1 aliphatic rings. The predicted molar refractivity (Wildman–Crippen MR) is 137 cm³/mol. The van der Waals surface area contributed by atoms with Crippen LogP contribution in [0, 0.1) is 13.8 Å². The van der Waals surface area contributed by atoms with Crippen molar-refractivity contribution in [2.24, 2.45) is 0 Å². The first kappa shape index (κ1) is 25.8. The van der Waals surface area contributed by atoms with E-state index in [1.807, 2.05) is 63.2 Å². The molecule has 0 bridgehead atoms. The van der Waals surface area contributed by atoms with Gasteiger partial charge in [-0.15, -0.1) is 0 Å². The van der Waals surface area contributed by atoms with E-state index in [0.29, 0.717) is 32.4 Å². The molecule has 5 heteroatoms. The SMILES string of the molecule is CCC(C(=O)NC1CCCCC1)N(Cc1cccc(C)c1)C(=O)CCCOc1ccc(C)cc1. The summed E-state index contributed by atoms with van der Waals surface area (Å²) in [6.07, 6.45) is 7.18. The lowest BCUT2D eigenvalue weighted by atomic mass is 9.95. The van der Waals surface area contributed by atoms with E-state index in [4.69, 9.17) is 4.74 Å². The number of carbonyl (C=O) groups is 2. The number of carbonyl (C=O) groups excluding carboxylic acids is 2. The zero-order valence-electron chi connectivity index (χ0n) is 21.0. The van der Waals surface area contributed by atoms with E-state index in [1.54, 1.807) is 4.90 Å². The topological polar surface area (TPSA) is 58.6 Å². The number of benzene rings is 2. The zero-order chi connectivity index (χ0) is 24.3. The van der Waals surface area contributed by atoms with Crippen LogP contribution in [0.2, 0.25) is 0 Å². The summed E-state index contributed by atoms with van der Waals surface area (Å²) in [5, 5.41) is 3.24. The Kier molecular flexibility index (Phi) is 9.99. The molecule has 0 heterocycles. The van der Waals surface area contributed by atoms with E-state index in [-0.39, 0.29) is 17.9 Å². The van der Waals surface area contributed by atoms with Crippen LogP contribution in [-0.2, 0) is 16.1 Å². The summed E-state index contributed by atoms with van der Waals surface area (Å²) >= 11 is 0. The second-order valence-corrected chi connectivity index (χ2v) is 9.54. The van der Waals surface area contributed by atoms with Crippen LogP contribution in [0.1, 0.15) is 75.0 Å². The minimum atomic E-state index is -0.465. The van der Waals surface area contributed by atoms with Crippen molar-refractivity contribution in [2.45, 2.75) is 90.8 Å². The van der Waals surface area contributed by atoms with Crippen LogP contribution in [-0.4, -0.2) is 35.4 Å². The molecule has 34 heavy (non-hydrogen) atoms. The van der Waals surface area contributed by atoms with Crippen molar-refractivity contribution >= 4 is 11.8 Å². The van der Waals surface area contributed by atoms with Gasteiger partial charge in [-0.2, -0.15) is 0 Å². The predicted octanol–water partition coefficient (Wildman–Crippen LogP) is 5.72. The molecular weight excluding hydrogens is 424 g/mol. The first-order chi connectivity index (χ1) is 16.5. The molecule has 3 rings (SSSR count). The minimum Gasteiger partial charge on any atom is -0.494 e. The van der Waals surface area contributed by atoms with Crippen molar-refractivity contribution in [1.29, 1.82) is 0 Å². The summed E-state index contributed by atoms with van der Waals surface area (Å²) in [6.45, 7) is 6.99. The molecule has 0 aliphatic heterocycles. The third-order valence-electron chi connectivity index (χ3n) is 6.60. The van der Waals surface area contributed by atoms with E-state index < -0.39 is 6.04 Å². The number of hydrogen-bond donors (Lipinski definition) is 1. The lowest BCUT2D eigenvalue weighted by Crippen LogP contribution is -2.51. The van der Waals surface area contributed by atoms with Crippen molar-refractivity contribution in [2.75, 3.05) is 6.61 Å². The average molecular weight is 465 g/mol. The number of nitrogens with one attached hydrogen (secondary N) is 1. The Morgan fingerprint density at radius 2 is 1.76 bits per heavy atom. The first-order valence-corrected chi connectivity index (χ1v) is 12.8. The van der Waals surface area contributed by atoms with Gasteiger partial charge in [0.15, 0.2) is 0 Å². The summed E-state index contributed by atoms with van der Waals surface area (Å²) in [5.74, 6) is 0.791. The van der Waals surface area contributed by atoms with E-state index in [0.717, 1.165) is 42.6 Å². The Hall–Kier alpha value is -2.82. The maximum absolute atomic E-state index is 13.4. The molecule has 1 unspecified atom stereocenters. The van der Waals surface area contributed by atoms with Crippen molar-refractivity contribution in [3.8, 4) is 5.75 Å². The van der Waals surface area contributed by atoms with Gasteiger partial charge < -0.3 is 15.0 Å². The Labute approximate surface area is 204 Å². The Morgan fingerprint density at radius 1 is 1.03 bits per heavy atom. The fraction of sp³-hybridized carbons (Fsp3) is 0.517. The normalized spacial score (nSPS) is 14.9. The van der Waals surface area contributed by atoms with E-state index in [1.165, 1.54) is 12.0 Å². The Bertz CT molecular complexity index is 919. The summed E-state index contributed by atoms with van der Waals surface area (Å²) in [6, 6.07) is 15.9. The molecule has 1 saturated carbocycles. The number of nitrogens with zero attached hydrogens (tertiary/aromatic N) is 1. The van der Waals surface area contributed by atoms with Gasteiger partial charge in [0, 0.05) is 19.0 Å². The van der Waals surface area contributed by atoms with Gasteiger partial charge in [-0.25, -0.2) is 0 Å². The maximum Gasteiger partial charge on any atom is 0.243 e. The third-order valence-corrected chi connectivity index (χ3v) is 6.60. The van der Waals surface area contributed by atoms with Crippen molar-refractivity contribution in [1.82, 2.24) is 10.2 Å². The van der Waals surface area contributed by atoms with Crippen LogP contribution in [0.15, 0.2) is 48.5 Å². The maximum atomic E-state index is 13.4. The molecule has 0 aromatic heterocycles. The summed E-state index contributed by atoms with van der Waals surface area (Å²) in [4.78, 5) is 28.4. The van der Waals surface area contributed by atoms with E-state index >= 15 is 0 Å². The summed E-state index contributed by atoms with van der Waals surface area (Å²) < 4.78 is 5.81. The fourth-order valence-electron chi connectivity index (χ4n) is 4.66. The highest BCUT2D eigenvalue weighted by atomic mass is 16.5. The van der Waals surface area contributed by atoms with Crippen LogP contribution in [0.5, 0.6) is 5.75 Å². The molecule has 5 nitrogen and oxygen atoms in total. The minimum absolute atomic E-state index is 0.000318. The Balaban J connectivity index is 1.64. The van der Waals surface area contributed by atoms with Gasteiger partial charge in [0.1, 0.15) is 11.8 Å². The van der Waals surface area contributed by atoms with Crippen molar-refractivity contribution in [3.05, 3.63) is 65.2 Å². The smallest absolute Gasteiger partial charge is 0.243 e. The van der Waals surface area contributed by atoms with Crippen LogP contribution >= 0.6 is 0 Å². The highest BCUT2D eigenvalue weighted by molar-refractivity contribution is 5.87. The first-order valence-electron chi connectivity index (χ1n) is 12.8. The molecule has 1 fully saturated rings. The van der Waals surface area contributed by atoms with Crippen LogP contribution in [0.3, 0.4) is 0 Å². The number of amides is 2. The molecule has 1 aliphatic carbocycles. The summed E-state index contributed by atoms with van der Waals surface area (Å²) in [7, 11) is 0.